The molecule has 3 rings (SSSR count). The predicted molar refractivity (Wildman–Crippen MR) is 84.3 cm³/mol. The Morgan fingerprint density at radius 3 is 2.86 bits per heavy atom. The van der Waals surface area contributed by atoms with E-state index in [9.17, 15) is 9.90 Å². The van der Waals surface area contributed by atoms with E-state index in [1.807, 2.05) is 36.4 Å². The van der Waals surface area contributed by atoms with Crippen LogP contribution in [-0.4, -0.2) is 40.5 Å². The fraction of sp³-hybridized carbons (Fsp3) is 0.375. The maximum absolute atomic E-state index is 11.9. The maximum atomic E-state index is 11.9. The molecule has 2 aromatic rings. The quantitative estimate of drug-likeness (QED) is 0.917. The van der Waals surface area contributed by atoms with Gasteiger partial charge in [-0.3, -0.25) is 9.69 Å². The number of hydrogen-bond donors (Lipinski definition) is 1. The highest BCUT2D eigenvalue weighted by Gasteiger charge is 2.46. The van der Waals surface area contributed by atoms with Crippen LogP contribution in [0.1, 0.15) is 16.9 Å². The van der Waals surface area contributed by atoms with Crippen LogP contribution in [0.3, 0.4) is 0 Å². The van der Waals surface area contributed by atoms with Gasteiger partial charge in [-0.2, -0.15) is 4.37 Å². The van der Waals surface area contributed by atoms with E-state index in [1.54, 1.807) is 7.11 Å². The van der Waals surface area contributed by atoms with E-state index in [1.165, 1.54) is 11.5 Å². The van der Waals surface area contributed by atoms with Crippen LogP contribution in [0.15, 0.2) is 36.4 Å². The van der Waals surface area contributed by atoms with Crippen molar-refractivity contribution in [3.05, 3.63) is 46.8 Å². The SMILES string of the molecule is COc1cc(CN2CCC(C(=O)O)(c3ccccc3)C2)sn1. The lowest BCUT2D eigenvalue weighted by Gasteiger charge is -2.25. The Morgan fingerprint density at radius 2 is 2.23 bits per heavy atom. The number of benzene rings is 1. The first-order valence-electron chi connectivity index (χ1n) is 7.15. The highest BCUT2D eigenvalue weighted by Crippen LogP contribution is 2.36. The first-order chi connectivity index (χ1) is 10.6. The lowest BCUT2D eigenvalue weighted by molar-refractivity contribution is -0.143. The van der Waals surface area contributed by atoms with Crippen molar-refractivity contribution in [1.82, 2.24) is 9.27 Å². The van der Waals surface area contributed by atoms with Gasteiger partial charge in [0.2, 0.25) is 5.88 Å². The predicted octanol–water partition coefficient (Wildman–Crippen LogP) is 2.38. The van der Waals surface area contributed by atoms with Crippen LogP contribution in [0.2, 0.25) is 0 Å². The van der Waals surface area contributed by atoms with Gasteiger partial charge in [-0.15, -0.1) is 0 Å². The number of rotatable bonds is 5. The molecule has 1 saturated heterocycles. The summed E-state index contributed by atoms with van der Waals surface area (Å²) in [5.74, 6) is -0.130. The zero-order chi connectivity index (χ0) is 15.6. The number of ether oxygens (including phenoxy) is 1. The summed E-state index contributed by atoms with van der Waals surface area (Å²) < 4.78 is 9.28. The minimum atomic E-state index is -0.809. The molecular weight excluding hydrogens is 300 g/mol. The molecule has 2 heterocycles. The van der Waals surface area contributed by atoms with Crippen molar-refractivity contribution in [2.75, 3.05) is 20.2 Å². The molecule has 6 heteroatoms. The Morgan fingerprint density at radius 1 is 1.45 bits per heavy atom. The molecule has 1 aromatic carbocycles. The molecule has 1 aliphatic heterocycles. The van der Waals surface area contributed by atoms with Crippen LogP contribution in [-0.2, 0) is 16.8 Å². The highest BCUT2D eigenvalue weighted by atomic mass is 32.1. The largest absolute Gasteiger partial charge is 0.481 e. The monoisotopic (exact) mass is 318 g/mol. The Bertz CT molecular complexity index is 658. The Kier molecular flexibility index (Phi) is 4.13. The Balaban J connectivity index is 1.77. The van der Waals surface area contributed by atoms with Crippen molar-refractivity contribution < 1.29 is 14.6 Å². The molecule has 0 bridgehead atoms. The van der Waals surface area contributed by atoms with Crippen molar-refractivity contribution in [2.45, 2.75) is 18.4 Å². The number of methoxy groups -OCH3 is 1. The summed E-state index contributed by atoms with van der Waals surface area (Å²) in [6.07, 6.45) is 0.627. The summed E-state index contributed by atoms with van der Waals surface area (Å²) in [6, 6.07) is 11.4. The van der Waals surface area contributed by atoms with Crippen molar-refractivity contribution >= 4 is 17.5 Å². The molecule has 0 aliphatic carbocycles. The maximum Gasteiger partial charge on any atom is 0.315 e. The van der Waals surface area contributed by atoms with Crippen molar-refractivity contribution in [3.8, 4) is 5.88 Å². The second-order valence-electron chi connectivity index (χ2n) is 5.55. The normalized spacial score (nSPS) is 21.9. The summed E-state index contributed by atoms with van der Waals surface area (Å²) in [7, 11) is 1.60. The number of hydrogen-bond acceptors (Lipinski definition) is 5. The average Bonchev–Trinajstić information content (AvgIpc) is 3.16. The van der Waals surface area contributed by atoms with Gasteiger partial charge >= 0.3 is 5.97 Å². The minimum Gasteiger partial charge on any atom is -0.481 e. The van der Waals surface area contributed by atoms with E-state index in [-0.39, 0.29) is 0 Å². The molecule has 1 unspecified atom stereocenters. The average molecular weight is 318 g/mol. The summed E-state index contributed by atoms with van der Waals surface area (Å²) >= 11 is 1.40. The molecule has 116 valence electrons. The fourth-order valence-corrected chi connectivity index (χ4v) is 3.73. The number of likely N-dealkylation sites (tertiary alicyclic amines) is 1. The number of carboxylic acid groups (broad SMARTS) is 1. The van der Waals surface area contributed by atoms with E-state index in [4.69, 9.17) is 4.74 Å². The second kappa shape index (κ2) is 6.06. The number of carbonyl (C=O) groups is 1. The van der Waals surface area contributed by atoms with E-state index >= 15 is 0 Å². The number of nitrogens with zero attached hydrogens (tertiary/aromatic N) is 2. The van der Waals surface area contributed by atoms with Gasteiger partial charge in [0.25, 0.3) is 0 Å². The van der Waals surface area contributed by atoms with E-state index in [0.717, 1.165) is 17.0 Å². The first-order valence-corrected chi connectivity index (χ1v) is 7.92. The third-order valence-electron chi connectivity index (χ3n) is 4.21. The molecule has 0 amide bonds. The summed E-state index contributed by atoms with van der Waals surface area (Å²) in [6.45, 7) is 2.00. The molecule has 1 aliphatic rings. The van der Waals surface area contributed by atoms with Crippen LogP contribution in [0, 0.1) is 0 Å². The second-order valence-corrected chi connectivity index (χ2v) is 6.44. The van der Waals surface area contributed by atoms with Gasteiger partial charge in [-0.25, -0.2) is 0 Å². The zero-order valence-corrected chi connectivity index (χ0v) is 13.2. The first kappa shape index (κ1) is 15.0. The zero-order valence-electron chi connectivity index (χ0n) is 12.4. The van der Waals surface area contributed by atoms with Gasteiger partial charge in [0, 0.05) is 30.6 Å². The Labute approximate surface area is 133 Å². The fourth-order valence-electron chi connectivity index (χ4n) is 3.00. The summed E-state index contributed by atoms with van der Waals surface area (Å²) in [5, 5.41) is 9.79. The molecular formula is C16H18N2O3S. The molecule has 1 aromatic heterocycles. The topological polar surface area (TPSA) is 62.7 Å². The molecule has 22 heavy (non-hydrogen) atoms. The molecule has 1 fully saturated rings. The van der Waals surface area contributed by atoms with Gasteiger partial charge in [0.1, 0.15) is 5.41 Å². The van der Waals surface area contributed by atoms with Crippen LogP contribution < -0.4 is 4.74 Å². The molecule has 0 radical (unpaired) electrons. The van der Waals surface area contributed by atoms with Gasteiger partial charge in [0.15, 0.2) is 0 Å². The molecule has 5 nitrogen and oxygen atoms in total. The lowest BCUT2D eigenvalue weighted by atomic mass is 9.80. The standard InChI is InChI=1S/C16H18N2O3S/c1-21-14-9-13(22-17-14)10-18-8-7-16(11-18,15(19)20)12-5-3-2-4-6-12/h2-6,9H,7-8,10-11H2,1H3,(H,19,20). The smallest absolute Gasteiger partial charge is 0.315 e. The van der Waals surface area contributed by atoms with E-state index in [0.29, 0.717) is 25.4 Å². The van der Waals surface area contributed by atoms with Crippen LogP contribution in [0.25, 0.3) is 0 Å². The minimum absolute atomic E-state index is 0.520. The van der Waals surface area contributed by atoms with Gasteiger partial charge in [-0.1, -0.05) is 30.3 Å². The van der Waals surface area contributed by atoms with Gasteiger partial charge in [0.05, 0.1) is 7.11 Å². The number of carboxylic acids is 1. The molecule has 1 N–H and O–H groups in total. The Hall–Kier alpha value is -1.92. The molecule has 0 saturated carbocycles. The summed E-state index contributed by atoms with van der Waals surface area (Å²) in [5.41, 5.74) is 0.0719. The molecule has 0 spiro atoms. The third kappa shape index (κ3) is 2.71. The van der Waals surface area contributed by atoms with Crippen molar-refractivity contribution in [3.63, 3.8) is 0 Å². The van der Waals surface area contributed by atoms with Crippen LogP contribution in [0.5, 0.6) is 5.88 Å². The third-order valence-corrected chi connectivity index (χ3v) is 4.96. The van der Waals surface area contributed by atoms with Crippen LogP contribution >= 0.6 is 11.5 Å². The number of aromatic nitrogens is 1. The summed E-state index contributed by atoms with van der Waals surface area (Å²) in [4.78, 5) is 15.2. The van der Waals surface area contributed by atoms with Crippen molar-refractivity contribution in [2.24, 2.45) is 0 Å². The van der Waals surface area contributed by atoms with Crippen LogP contribution in [0.4, 0.5) is 0 Å². The molecule has 1 atom stereocenters. The highest BCUT2D eigenvalue weighted by molar-refractivity contribution is 7.05. The van der Waals surface area contributed by atoms with E-state index < -0.39 is 11.4 Å². The van der Waals surface area contributed by atoms with E-state index in [2.05, 4.69) is 9.27 Å². The van der Waals surface area contributed by atoms with Gasteiger partial charge < -0.3 is 9.84 Å². The van der Waals surface area contributed by atoms with Gasteiger partial charge in [-0.05, 0) is 23.5 Å². The number of aliphatic carboxylic acids is 1. The lowest BCUT2D eigenvalue weighted by Crippen LogP contribution is -2.38. The van der Waals surface area contributed by atoms with Crippen molar-refractivity contribution in [1.29, 1.82) is 0 Å².